The second-order valence-corrected chi connectivity index (χ2v) is 7.36. The Morgan fingerprint density at radius 1 is 1.28 bits per heavy atom. The summed E-state index contributed by atoms with van der Waals surface area (Å²) in [4.78, 5) is 0. The highest BCUT2D eigenvalue weighted by Crippen LogP contribution is 2.22. The number of ether oxygens (including phenoxy) is 1. The van der Waals surface area contributed by atoms with E-state index in [0.29, 0.717) is 44.6 Å². The molecule has 0 bridgehead atoms. The molecule has 0 N–H and O–H groups in total. The molecule has 5 nitrogen and oxygen atoms in total. The smallest absolute Gasteiger partial charge is 0.282 e. The van der Waals surface area contributed by atoms with Crippen LogP contribution in [0.3, 0.4) is 0 Å². The fourth-order valence-electron chi connectivity index (χ4n) is 2.51. The van der Waals surface area contributed by atoms with Gasteiger partial charge in [-0.3, -0.25) is 0 Å². The van der Waals surface area contributed by atoms with Crippen LogP contribution in [0, 0.1) is 5.92 Å². The first-order chi connectivity index (χ1) is 8.54. The van der Waals surface area contributed by atoms with Crippen LogP contribution in [0.5, 0.6) is 0 Å². The van der Waals surface area contributed by atoms with Gasteiger partial charge in [0.25, 0.3) is 10.2 Å². The van der Waals surface area contributed by atoms with E-state index in [9.17, 15) is 8.42 Å². The molecule has 2 aliphatic rings. The quantitative estimate of drug-likeness (QED) is 0.727. The molecule has 2 aliphatic heterocycles. The molecule has 106 valence electrons. The number of piperidine rings is 1. The predicted octanol–water partition coefficient (Wildman–Crippen LogP) is 0.903. The van der Waals surface area contributed by atoms with Gasteiger partial charge in [-0.05, 0) is 18.8 Å². The molecule has 2 rings (SSSR count). The predicted molar refractivity (Wildman–Crippen MR) is 70.9 cm³/mol. The minimum atomic E-state index is -3.33. The molecule has 0 saturated carbocycles. The van der Waals surface area contributed by atoms with Crippen LogP contribution in [0.2, 0.25) is 0 Å². The number of alkyl halides is 1. The molecule has 0 aromatic carbocycles. The summed E-state index contributed by atoms with van der Waals surface area (Å²) in [6.45, 7) is 4.60. The maximum absolute atomic E-state index is 12.5. The van der Waals surface area contributed by atoms with Crippen molar-refractivity contribution in [2.45, 2.75) is 25.9 Å². The van der Waals surface area contributed by atoms with E-state index in [1.54, 1.807) is 4.31 Å². The van der Waals surface area contributed by atoms with Crippen molar-refractivity contribution >= 4 is 21.8 Å². The SMILES string of the molecule is CC1CCCN(S(=O)(=O)N2CCOC(CCl)C2)C1. The molecule has 0 amide bonds. The van der Waals surface area contributed by atoms with Gasteiger partial charge in [-0.1, -0.05) is 6.92 Å². The lowest BCUT2D eigenvalue weighted by Crippen LogP contribution is -2.53. The summed E-state index contributed by atoms with van der Waals surface area (Å²) in [7, 11) is -3.33. The van der Waals surface area contributed by atoms with Crippen LogP contribution in [0.15, 0.2) is 0 Å². The van der Waals surface area contributed by atoms with Gasteiger partial charge >= 0.3 is 0 Å². The van der Waals surface area contributed by atoms with Crippen molar-refractivity contribution in [1.82, 2.24) is 8.61 Å². The maximum Gasteiger partial charge on any atom is 0.282 e. The van der Waals surface area contributed by atoms with Crippen LogP contribution in [0.1, 0.15) is 19.8 Å². The number of halogens is 1. The maximum atomic E-state index is 12.5. The Hall–Kier alpha value is 0.120. The van der Waals surface area contributed by atoms with Gasteiger partial charge in [0.15, 0.2) is 0 Å². The minimum Gasteiger partial charge on any atom is -0.374 e. The molecular formula is C11H21ClN2O3S. The third kappa shape index (κ3) is 3.17. The second-order valence-electron chi connectivity index (χ2n) is 5.12. The van der Waals surface area contributed by atoms with E-state index in [2.05, 4.69) is 6.92 Å². The molecule has 2 saturated heterocycles. The van der Waals surface area contributed by atoms with Gasteiger partial charge in [0, 0.05) is 32.1 Å². The molecule has 0 aliphatic carbocycles. The Bertz CT molecular complexity index is 376. The molecule has 2 fully saturated rings. The Balaban J connectivity index is 2.05. The molecule has 0 aromatic rings. The Labute approximate surface area is 114 Å². The average molecular weight is 297 g/mol. The highest BCUT2D eigenvalue weighted by molar-refractivity contribution is 7.86. The zero-order chi connectivity index (χ0) is 13.2. The minimum absolute atomic E-state index is 0.183. The summed E-state index contributed by atoms with van der Waals surface area (Å²) in [6.07, 6.45) is 1.88. The lowest BCUT2D eigenvalue weighted by Gasteiger charge is -2.37. The summed E-state index contributed by atoms with van der Waals surface area (Å²) in [6, 6.07) is 0. The van der Waals surface area contributed by atoms with Crippen LogP contribution < -0.4 is 0 Å². The van der Waals surface area contributed by atoms with Crippen LogP contribution in [-0.2, 0) is 14.9 Å². The lowest BCUT2D eigenvalue weighted by atomic mass is 10.0. The van der Waals surface area contributed by atoms with Crippen LogP contribution in [0.25, 0.3) is 0 Å². The first kappa shape index (κ1) is 14.5. The standard InChI is InChI=1S/C11H21ClN2O3S/c1-10-3-2-4-13(8-10)18(15,16)14-5-6-17-11(7-12)9-14/h10-11H,2-9H2,1H3. The van der Waals surface area contributed by atoms with Gasteiger partial charge < -0.3 is 4.74 Å². The van der Waals surface area contributed by atoms with E-state index in [4.69, 9.17) is 16.3 Å². The fourth-order valence-corrected chi connectivity index (χ4v) is 4.49. The topological polar surface area (TPSA) is 49.9 Å². The number of hydrogen-bond acceptors (Lipinski definition) is 3. The average Bonchev–Trinajstić information content (AvgIpc) is 2.39. The third-order valence-electron chi connectivity index (χ3n) is 3.55. The van der Waals surface area contributed by atoms with Crippen molar-refractivity contribution in [2.24, 2.45) is 5.92 Å². The van der Waals surface area contributed by atoms with Crippen molar-refractivity contribution in [2.75, 3.05) is 38.7 Å². The van der Waals surface area contributed by atoms with Crippen molar-refractivity contribution in [3.05, 3.63) is 0 Å². The first-order valence-corrected chi connectivity index (χ1v) is 8.40. The first-order valence-electron chi connectivity index (χ1n) is 6.47. The van der Waals surface area contributed by atoms with E-state index in [0.717, 1.165) is 12.8 Å². The van der Waals surface area contributed by atoms with E-state index < -0.39 is 10.2 Å². The van der Waals surface area contributed by atoms with Crippen LogP contribution >= 0.6 is 11.6 Å². The molecule has 18 heavy (non-hydrogen) atoms. The Morgan fingerprint density at radius 3 is 2.67 bits per heavy atom. The van der Waals surface area contributed by atoms with Gasteiger partial charge in [-0.25, -0.2) is 0 Å². The fraction of sp³-hybridized carbons (Fsp3) is 1.00. The molecule has 0 radical (unpaired) electrons. The zero-order valence-corrected chi connectivity index (χ0v) is 12.3. The van der Waals surface area contributed by atoms with Crippen molar-refractivity contribution in [1.29, 1.82) is 0 Å². The largest absolute Gasteiger partial charge is 0.374 e. The second kappa shape index (κ2) is 6.05. The van der Waals surface area contributed by atoms with Gasteiger partial charge in [0.05, 0.1) is 12.7 Å². The Kier molecular flexibility index (Phi) is 4.88. The van der Waals surface area contributed by atoms with E-state index in [1.165, 1.54) is 4.31 Å². The van der Waals surface area contributed by atoms with E-state index >= 15 is 0 Å². The summed E-state index contributed by atoms with van der Waals surface area (Å²) >= 11 is 5.74. The lowest BCUT2D eigenvalue weighted by molar-refractivity contribution is 0.00984. The van der Waals surface area contributed by atoms with Gasteiger partial charge in [-0.2, -0.15) is 17.0 Å². The van der Waals surface area contributed by atoms with Gasteiger partial charge in [-0.15, -0.1) is 11.6 Å². The molecule has 0 spiro atoms. The van der Waals surface area contributed by atoms with Gasteiger partial charge in [0.2, 0.25) is 0 Å². The number of hydrogen-bond donors (Lipinski definition) is 0. The van der Waals surface area contributed by atoms with Crippen LogP contribution in [-0.4, -0.2) is 61.8 Å². The highest BCUT2D eigenvalue weighted by atomic mass is 35.5. The van der Waals surface area contributed by atoms with Crippen molar-refractivity contribution in [3.8, 4) is 0 Å². The monoisotopic (exact) mass is 296 g/mol. The normalized spacial score (nSPS) is 32.6. The van der Waals surface area contributed by atoms with Crippen molar-refractivity contribution in [3.63, 3.8) is 0 Å². The number of rotatable bonds is 3. The molecule has 2 atom stereocenters. The van der Waals surface area contributed by atoms with E-state index in [-0.39, 0.29) is 6.10 Å². The molecule has 2 unspecified atom stereocenters. The molecule has 0 aromatic heterocycles. The number of nitrogens with zero attached hydrogens (tertiary/aromatic N) is 2. The Morgan fingerprint density at radius 2 is 2.00 bits per heavy atom. The molecular weight excluding hydrogens is 276 g/mol. The summed E-state index contributed by atoms with van der Waals surface area (Å²) in [5.74, 6) is 0.779. The van der Waals surface area contributed by atoms with Gasteiger partial charge in [0.1, 0.15) is 0 Å². The summed E-state index contributed by atoms with van der Waals surface area (Å²) in [5, 5.41) is 0. The zero-order valence-electron chi connectivity index (χ0n) is 10.7. The number of morpholine rings is 1. The summed E-state index contributed by atoms with van der Waals surface area (Å²) in [5.41, 5.74) is 0. The van der Waals surface area contributed by atoms with Crippen molar-refractivity contribution < 1.29 is 13.2 Å². The third-order valence-corrected chi connectivity index (χ3v) is 5.86. The van der Waals surface area contributed by atoms with Crippen LogP contribution in [0.4, 0.5) is 0 Å². The molecule has 7 heteroatoms. The highest BCUT2D eigenvalue weighted by Gasteiger charge is 2.35. The molecule has 2 heterocycles. The van der Waals surface area contributed by atoms with E-state index in [1.807, 2.05) is 0 Å². The summed E-state index contributed by atoms with van der Waals surface area (Å²) < 4.78 is 33.5.